The molecule has 0 spiro atoms. The van der Waals surface area contributed by atoms with Crippen LogP contribution >= 0.6 is 0 Å². The highest BCUT2D eigenvalue weighted by Gasteiger charge is 2.27. The summed E-state index contributed by atoms with van der Waals surface area (Å²) < 4.78 is 33.0. The van der Waals surface area contributed by atoms with E-state index >= 15 is 0 Å². The van der Waals surface area contributed by atoms with E-state index in [4.69, 9.17) is 4.74 Å². The maximum Gasteiger partial charge on any atom is 0.243 e. The number of benzene rings is 2. The number of anilines is 1. The minimum Gasteiger partial charge on any atom is -0.377 e. The van der Waals surface area contributed by atoms with E-state index in [1.165, 1.54) is 11.2 Å². The second kappa shape index (κ2) is 8.86. The Morgan fingerprint density at radius 1 is 1.11 bits per heavy atom. The van der Waals surface area contributed by atoms with Crippen LogP contribution in [0.25, 0.3) is 11.1 Å². The van der Waals surface area contributed by atoms with Crippen LogP contribution in [0.1, 0.15) is 26.7 Å². The maximum atomic E-state index is 13.0. The lowest BCUT2D eigenvalue weighted by atomic mass is 10.1. The van der Waals surface area contributed by atoms with Gasteiger partial charge in [0.05, 0.1) is 11.0 Å². The summed E-state index contributed by atoms with van der Waals surface area (Å²) in [7, 11) is -3.55. The van der Waals surface area contributed by atoms with Gasteiger partial charge in [0.2, 0.25) is 15.9 Å². The van der Waals surface area contributed by atoms with Crippen LogP contribution < -0.4 is 5.32 Å². The molecule has 1 heterocycles. The number of nitrogens with zero attached hydrogens (tertiary/aromatic N) is 1. The third kappa shape index (κ3) is 4.79. The molecule has 2 aromatic carbocycles. The Morgan fingerprint density at radius 3 is 2.21 bits per heavy atom. The van der Waals surface area contributed by atoms with Crippen molar-refractivity contribution in [3.8, 4) is 11.1 Å². The Morgan fingerprint density at radius 2 is 1.71 bits per heavy atom. The molecular weight excluding hydrogens is 376 g/mol. The largest absolute Gasteiger partial charge is 0.377 e. The first kappa shape index (κ1) is 20.5. The molecule has 0 radical (unpaired) electrons. The number of likely N-dealkylation sites (N-methyl/N-ethyl adjacent to an activating group) is 1. The minimum atomic E-state index is -3.55. The molecular formula is C21H26N2O4S. The number of hydrogen-bond acceptors (Lipinski definition) is 4. The number of amides is 1. The molecule has 1 fully saturated rings. The summed E-state index contributed by atoms with van der Waals surface area (Å²) in [5, 5.41) is 2.73. The molecule has 1 unspecified atom stereocenters. The molecule has 1 aliphatic rings. The van der Waals surface area contributed by atoms with E-state index in [0.717, 1.165) is 29.7 Å². The van der Waals surface area contributed by atoms with Crippen molar-refractivity contribution >= 4 is 21.6 Å². The fourth-order valence-electron chi connectivity index (χ4n) is 3.33. The van der Waals surface area contributed by atoms with Crippen LogP contribution in [0.3, 0.4) is 0 Å². The lowest BCUT2D eigenvalue weighted by molar-refractivity contribution is -0.114. The summed E-state index contributed by atoms with van der Waals surface area (Å²) in [5.74, 6) is -0.120. The molecule has 28 heavy (non-hydrogen) atoms. The SMILES string of the molecule is CCN(CC1CCCO1)S(=O)(=O)c1ccc(-c2ccc(NC(C)=O)cc2)cc1. The zero-order valence-electron chi connectivity index (χ0n) is 16.2. The number of carbonyl (C=O) groups excluding carboxylic acids is 1. The Hall–Kier alpha value is -2.22. The number of nitrogens with one attached hydrogen (secondary N) is 1. The molecule has 150 valence electrons. The molecule has 1 saturated heterocycles. The van der Waals surface area contributed by atoms with E-state index in [2.05, 4.69) is 5.32 Å². The molecule has 0 saturated carbocycles. The van der Waals surface area contributed by atoms with Crippen molar-refractivity contribution in [1.29, 1.82) is 0 Å². The zero-order valence-corrected chi connectivity index (χ0v) is 17.0. The first-order valence-electron chi connectivity index (χ1n) is 9.50. The van der Waals surface area contributed by atoms with Gasteiger partial charge in [-0.05, 0) is 48.2 Å². The van der Waals surface area contributed by atoms with Crippen molar-refractivity contribution in [1.82, 2.24) is 4.31 Å². The van der Waals surface area contributed by atoms with Crippen molar-refractivity contribution in [2.24, 2.45) is 0 Å². The summed E-state index contributed by atoms with van der Waals surface area (Å²) >= 11 is 0. The average Bonchev–Trinajstić information content (AvgIpc) is 3.19. The summed E-state index contributed by atoms with van der Waals surface area (Å²) in [6.45, 7) is 4.82. The summed E-state index contributed by atoms with van der Waals surface area (Å²) in [5.41, 5.74) is 2.59. The monoisotopic (exact) mass is 402 g/mol. The van der Waals surface area contributed by atoms with Gasteiger partial charge in [0.1, 0.15) is 0 Å². The van der Waals surface area contributed by atoms with Gasteiger partial charge in [-0.25, -0.2) is 8.42 Å². The first-order chi connectivity index (χ1) is 13.4. The minimum absolute atomic E-state index is 0.0175. The van der Waals surface area contributed by atoms with Gasteiger partial charge < -0.3 is 10.1 Å². The van der Waals surface area contributed by atoms with Gasteiger partial charge in [-0.3, -0.25) is 4.79 Å². The molecule has 0 aliphatic carbocycles. The van der Waals surface area contributed by atoms with Gasteiger partial charge in [-0.15, -0.1) is 0 Å². The van der Waals surface area contributed by atoms with Gasteiger partial charge in [-0.1, -0.05) is 31.2 Å². The smallest absolute Gasteiger partial charge is 0.243 e. The molecule has 2 aromatic rings. The third-order valence-electron chi connectivity index (χ3n) is 4.81. The molecule has 7 heteroatoms. The number of sulfonamides is 1. The van der Waals surface area contributed by atoms with Gasteiger partial charge in [0, 0.05) is 32.3 Å². The highest BCUT2D eigenvalue weighted by molar-refractivity contribution is 7.89. The first-order valence-corrected chi connectivity index (χ1v) is 10.9. The summed E-state index contributed by atoms with van der Waals surface area (Å²) in [6, 6.07) is 14.3. The second-order valence-corrected chi connectivity index (χ2v) is 8.81. The van der Waals surface area contributed by atoms with Gasteiger partial charge in [0.15, 0.2) is 0 Å². The number of rotatable bonds is 7. The Kier molecular flexibility index (Phi) is 6.49. The van der Waals surface area contributed by atoms with E-state index in [9.17, 15) is 13.2 Å². The van der Waals surface area contributed by atoms with Crippen molar-refractivity contribution in [3.63, 3.8) is 0 Å². The van der Waals surface area contributed by atoms with E-state index in [1.54, 1.807) is 24.3 Å². The Balaban J connectivity index is 1.75. The van der Waals surface area contributed by atoms with E-state index in [-0.39, 0.29) is 16.9 Å². The predicted molar refractivity (Wildman–Crippen MR) is 110 cm³/mol. The number of hydrogen-bond donors (Lipinski definition) is 1. The summed E-state index contributed by atoms with van der Waals surface area (Å²) in [4.78, 5) is 11.4. The maximum absolute atomic E-state index is 13.0. The second-order valence-electron chi connectivity index (χ2n) is 6.87. The highest BCUT2D eigenvalue weighted by Crippen LogP contribution is 2.25. The van der Waals surface area contributed by atoms with E-state index in [0.29, 0.717) is 19.7 Å². The van der Waals surface area contributed by atoms with Crippen molar-refractivity contribution in [2.75, 3.05) is 25.0 Å². The Labute approximate surface area is 166 Å². The predicted octanol–water partition coefficient (Wildman–Crippen LogP) is 3.50. The molecule has 1 aliphatic heterocycles. The van der Waals surface area contributed by atoms with Crippen molar-refractivity contribution in [3.05, 3.63) is 48.5 Å². The molecule has 3 rings (SSSR count). The molecule has 0 bridgehead atoms. The highest BCUT2D eigenvalue weighted by atomic mass is 32.2. The standard InChI is InChI=1S/C21H26N2O4S/c1-3-23(15-20-5-4-14-27-20)28(25,26)21-12-8-18(9-13-21)17-6-10-19(11-7-17)22-16(2)24/h6-13,20H,3-5,14-15H2,1-2H3,(H,22,24). The van der Waals surface area contributed by atoms with Crippen molar-refractivity contribution < 1.29 is 17.9 Å². The van der Waals surface area contributed by atoms with Crippen LogP contribution in [0, 0.1) is 0 Å². The fourth-order valence-corrected chi connectivity index (χ4v) is 4.81. The zero-order chi connectivity index (χ0) is 20.1. The normalized spacial score (nSPS) is 17.0. The van der Waals surface area contributed by atoms with Crippen LogP contribution in [-0.2, 0) is 19.6 Å². The van der Waals surface area contributed by atoms with E-state index in [1.807, 2.05) is 31.2 Å². The quantitative estimate of drug-likeness (QED) is 0.769. The molecule has 1 amide bonds. The van der Waals surface area contributed by atoms with E-state index < -0.39 is 10.0 Å². The van der Waals surface area contributed by atoms with Gasteiger partial charge in [0.25, 0.3) is 0 Å². The van der Waals surface area contributed by atoms with Crippen LogP contribution in [0.15, 0.2) is 53.4 Å². The number of carbonyl (C=O) groups is 1. The molecule has 1 N–H and O–H groups in total. The van der Waals surface area contributed by atoms with Gasteiger partial charge in [-0.2, -0.15) is 4.31 Å². The lowest BCUT2D eigenvalue weighted by Gasteiger charge is -2.23. The molecule has 6 nitrogen and oxygen atoms in total. The summed E-state index contributed by atoms with van der Waals surface area (Å²) in [6.07, 6.45) is 1.87. The Bertz CT molecular complexity index is 902. The average molecular weight is 403 g/mol. The number of ether oxygens (including phenoxy) is 1. The van der Waals surface area contributed by atoms with Gasteiger partial charge >= 0.3 is 0 Å². The fraction of sp³-hybridized carbons (Fsp3) is 0.381. The van der Waals surface area contributed by atoms with Crippen LogP contribution in [0.2, 0.25) is 0 Å². The molecule has 0 aromatic heterocycles. The third-order valence-corrected chi connectivity index (χ3v) is 6.77. The van der Waals surface area contributed by atoms with Crippen LogP contribution in [-0.4, -0.2) is 44.4 Å². The van der Waals surface area contributed by atoms with Crippen LogP contribution in [0.5, 0.6) is 0 Å². The lowest BCUT2D eigenvalue weighted by Crippen LogP contribution is -2.37. The van der Waals surface area contributed by atoms with Crippen molar-refractivity contribution in [2.45, 2.75) is 37.7 Å². The topological polar surface area (TPSA) is 75.7 Å². The van der Waals surface area contributed by atoms with Crippen LogP contribution in [0.4, 0.5) is 5.69 Å². The molecule has 1 atom stereocenters.